The van der Waals surface area contributed by atoms with Gasteiger partial charge in [-0.2, -0.15) is 0 Å². The molecule has 164 valence electrons. The quantitative estimate of drug-likeness (QED) is 0.240. The minimum Gasteiger partial charge on any atom is -0.308 e. The van der Waals surface area contributed by atoms with Gasteiger partial charge in [0, 0.05) is 24.7 Å². The minimum atomic E-state index is 0.907. The molecule has 4 aliphatic rings. The van der Waals surface area contributed by atoms with Gasteiger partial charge in [0.25, 0.3) is 0 Å². The van der Waals surface area contributed by atoms with Crippen molar-refractivity contribution >= 4 is 17.1 Å². The molecule has 9 rings (SSSR count). The van der Waals surface area contributed by atoms with Crippen LogP contribution in [0.15, 0.2) is 85.1 Å². The highest BCUT2D eigenvalue weighted by atomic mass is 15.2. The molecule has 2 aliphatic heterocycles. The lowest BCUT2D eigenvalue weighted by Crippen LogP contribution is -2.25. The van der Waals surface area contributed by atoms with E-state index in [9.17, 15) is 0 Å². The van der Waals surface area contributed by atoms with E-state index in [0.717, 1.165) is 25.7 Å². The average Bonchev–Trinajstić information content (AvgIpc) is 3.45. The van der Waals surface area contributed by atoms with Crippen molar-refractivity contribution in [1.82, 2.24) is 4.98 Å². The molecule has 0 spiro atoms. The number of nitrogens with zero attached hydrogens (tertiary/aromatic N) is 2. The number of hydrogen-bond acceptors (Lipinski definition) is 2. The van der Waals surface area contributed by atoms with E-state index in [4.69, 9.17) is 4.98 Å². The van der Waals surface area contributed by atoms with Crippen LogP contribution in [0.25, 0.3) is 22.3 Å². The van der Waals surface area contributed by atoms with Gasteiger partial charge in [-0.25, -0.2) is 0 Å². The molecule has 4 aromatic carbocycles. The molecule has 35 heavy (non-hydrogen) atoms. The summed E-state index contributed by atoms with van der Waals surface area (Å²) >= 11 is 0. The number of fused-ring (bicyclic) bond motifs is 11. The van der Waals surface area contributed by atoms with Crippen LogP contribution in [0.2, 0.25) is 0 Å². The Balaban J connectivity index is 1.28. The standard InChI is InChI=1S/C33H22N2/c1-3-7-25-19(5-1)13-21-9-10-26-27-18-31-24(15-23(27)16-28(26)32(21)25)14-22-11-12-34-29-17-20-6-2-4-8-30(20)35(31)33(22)29/h1-12,15,18H,13-14,16-17H2. The third-order valence-corrected chi connectivity index (χ3v) is 8.55. The summed E-state index contributed by atoms with van der Waals surface area (Å²) < 4.78 is 0. The number of pyridine rings is 1. The summed E-state index contributed by atoms with van der Waals surface area (Å²) in [5.74, 6) is 0. The lowest BCUT2D eigenvalue weighted by Gasteiger charge is -2.39. The highest BCUT2D eigenvalue weighted by molar-refractivity contribution is 5.94. The first kappa shape index (κ1) is 18.2. The summed E-state index contributed by atoms with van der Waals surface area (Å²) in [6, 6.07) is 29.7. The highest BCUT2D eigenvalue weighted by Gasteiger charge is 2.35. The Kier molecular flexibility index (Phi) is 3.27. The average molecular weight is 447 g/mol. The van der Waals surface area contributed by atoms with Gasteiger partial charge in [0.1, 0.15) is 0 Å². The van der Waals surface area contributed by atoms with Crippen LogP contribution in [0, 0.1) is 0 Å². The van der Waals surface area contributed by atoms with Gasteiger partial charge in [-0.1, -0.05) is 60.7 Å². The fourth-order valence-electron chi connectivity index (χ4n) is 7.08. The van der Waals surface area contributed by atoms with Crippen molar-refractivity contribution in [1.29, 1.82) is 0 Å². The van der Waals surface area contributed by atoms with Crippen molar-refractivity contribution in [2.45, 2.75) is 25.7 Å². The number of hydrogen-bond donors (Lipinski definition) is 0. The third-order valence-electron chi connectivity index (χ3n) is 8.55. The smallest absolute Gasteiger partial charge is 0.0716 e. The molecule has 0 fully saturated rings. The molecule has 0 bridgehead atoms. The second-order valence-corrected chi connectivity index (χ2v) is 10.4. The van der Waals surface area contributed by atoms with Crippen molar-refractivity contribution in [2.24, 2.45) is 0 Å². The van der Waals surface area contributed by atoms with Crippen LogP contribution in [0.1, 0.15) is 44.6 Å². The molecule has 1 aromatic heterocycles. The maximum absolute atomic E-state index is 4.81. The first-order valence-corrected chi connectivity index (χ1v) is 12.6. The molecule has 0 atom stereocenters. The van der Waals surface area contributed by atoms with Crippen molar-refractivity contribution in [3.8, 4) is 22.3 Å². The second kappa shape index (κ2) is 6.28. The van der Waals surface area contributed by atoms with Gasteiger partial charge in [0.2, 0.25) is 0 Å². The van der Waals surface area contributed by atoms with Gasteiger partial charge in [-0.3, -0.25) is 4.98 Å². The molecule has 2 aliphatic carbocycles. The summed E-state index contributed by atoms with van der Waals surface area (Å²) in [6.07, 6.45) is 5.96. The Labute approximate surface area is 204 Å². The van der Waals surface area contributed by atoms with Crippen LogP contribution in [0.4, 0.5) is 17.1 Å². The van der Waals surface area contributed by atoms with E-state index in [1.807, 2.05) is 6.20 Å². The van der Waals surface area contributed by atoms with Gasteiger partial charge in [-0.05, 0) is 92.2 Å². The molecule has 5 aromatic rings. The number of aromatic nitrogens is 1. The van der Waals surface area contributed by atoms with Crippen molar-refractivity contribution in [3.05, 3.63) is 130 Å². The van der Waals surface area contributed by atoms with Gasteiger partial charge in [0.05, 0.1) is 17.1 Å². The highest BCUT2D eigenvalue weighted by Crippen LogP contribution is 2.53. The zero-order valence-electron chi connectivity index (χ0n) is 19.3. The molecule has 0 saturated carbocycles. The summed E-state index contributed by atoms with van der Waals surface area (Å²) in [5.41, 5.74) is 21.0. The molecule has 2 heteroatoms. The lowest BCUT2D eigenvalue weighted by molar-refractivity contribution is 0.959. The largest absolute Gasteiger partial charge is 0.308 e. The molecular weight excluding hydrogens is 424 g/mol. The van der Waals surface area contributed by atoms with Gasteiger partial charge in [0.15, 0.2) is 0 Å². The molecule has 0 saturated heterocycles. The minimum absolute atomic E-state index is 0.907. The van der Waals surface area contributed by atoms with Crippen molar-refractivity contribution in [3.63, 3.8) is 0 Å². The Hall–Kier alpha value is -4.17. The van der Waals surface area contributed by atoms with E-state index < -0.39 is 0 Å². The number of rotatable bonds is 0. The molecule has 0 unspecified atom stereocenters. The molecule has 3 heterocycles. The summed E-state index contributed by atoms with van der Waals surface area (Å²) in [6.45, 7) is 0. The SMILES string of the molecule is c1ccc2c(c1)Cc1ccc3c(c1-2)Cc1cc2c(cc1-3)N1c3ccccc3Cc3nccc(c31)C2. The molecule has 0 radical (unpaired) electrons. The molecular formula is C33H22N2. The van der Waals surface area contributed by atoms with E-state index in [-0.39, 0.29) is 0 Å². The maximum Gasteiger partial charge on any atom is 0.0716 e. The van der Waals surface area contributed by atoms with Gasteiger partial charge < -0.3 is 4.90 Å². The molecule has 0 amide bonds. The van der Waals surface area contributed by atoms with E-state index in [2.05, 4.69) is 83.8 Å². The van der Waals surface area contributed by atoms with E-state index in [0.29, 0.717) is 0 Å². The van der Waals surface area contributed by atoms with E-state index >= 15 is 0 Å². The second-order valence-electron chi connectivity index (χ2n) is 10.4. The van der Waals surface area contributed by atoms with Gasteiger partial charge in [-0.15, -0.1) is 0 Å². The Morgan fingerprint density at radius 3 is 2.37 bits per heavy atom. The zero-order valence-corrected chi connectivity index (χ0v) is 19.3. The number of para-hydroxylation sites is 1. The maximum atomic E-state index is 4.81. The number of benzene rings is 4. The van der Waals surface area contributed by atoms with E-state index in [1.54, 1.807) is 0 Å². The first-order valence-electron chi connectivity index (χ1n) is 12.6. The Morgan fingerprint density at radius 2 is 1.40 bits per heavy atom. The Bertz CT molecular complexity index is 1760. The fraction of sp³-hybridized carbons (Fsp3) is 0.121. The number of anilines is 3. The zero-order chi connectivity index (χ0) is 22.7. The summed E-state index contributed by atoms with van der Waals surface area (Å²) in [4.78, 5) is 7.31. The Morgan fingerprint density at radius 1 is 0.543 bits per heavy atom. The third kappa shape index (κ3) is 2.27. The van der Waals surface area contributed by atoms with Crippen LogP contribution < -0.4 is 4.90 Å². The normalized spacial score (nSPS) is 14.9. The van der Waals surface area contributed by atoms with Crippen LogP contribution >= 0.6 is 0 Å². The van der Waals surface area contributed by atoms with Crippen LogP contribution in [-0.4, -0.2) is 4.98 Å². The predicted octanol–water partition coefficient (Wildman–Crippen LogP) is 7.50. The van der Waals surface area contributed by atoms with Crippen molar-refractivity contribution in [2.75, 3.05) is 4.90 Å². The lowest BCUT2D eigenvalue weighted by atomic mass is 9.87. The van der Waals surface area contributed by atoms with Crippen molar-refractivity contribution < 1.29 is 0 Å². The topological polar surface area (TPSA) is 16.1 Å². The van der Waals surface area contributed by atoms with E-state index in [1.165, 1.54) is 84.0 Å². The van der Waals surface area contributed by atoms with Crippen LogP contribution in [0.5, 0.6) is 0 Å². The van der Waals surface area contributed by atoms with Gasteiger partial charge >= 0.3 is 0 Å². The molecule has 2 nitrogen and oxygen atoms in total. The molecule has 0 N–H and O–H groups in total. The summed E-state index contributed by atoms with van der Waals surface area (Å²) in [5, 5.41) is 0. The summed E-state index contributed by atoms with van der Waals surface area (Å²) in [7, 11) is 0. The van der Waals surface area contributed by atoms with Crippen LogP contribution in [0.3, 0.4) is 0 Å². The fourth-order valence-corrected chi connectivity index (χ4v) is 7.08. The van der Waals surface area contributed by atoms with Crippen LogP contribution in [-0.2, 0) is 25.7 Å². The monoisotopic (exact) mass is 446 g/mol. The predicted molar refractivity (Wildman–Crippen MR) is 141 cm³/mol. The first-order chi connectivity index (χ1) is 17.3.